The van der Waals surface area contributed by atoms with Crippen molar-refractivity contribution in [3.8, 4) is 0 Å². The number of aromatic nitrogens is 2. The Labute approximate surface area is 121 Å². The molecule has 0 saturated carbocycles. The van der Waals surface area contributed by atoms with Crippen molar-refractivity contribution in [3.05, 3.63) is 30.0 Å². The fourth-order valence-electron chi connectivity index (χ4n) is 2.76. The molecule has 2 aromatic rings. The van der Waals surface area contributed by atoms with Crippen molar-refractivity contribution in [1.29, 1.82) is 0 Å². The number of nitrogens with one attached hydrogen (secondary N) is 1. The second-order valence-corrected chi connectivity index (χ2v) is 5.83. The van der Waals surface area contributed by atoms with Crippen LogP contribution >= 0.6 is 0 Å². The third kappa shape index (κ3) is 2.37. The number of likely N-dealkylation sites (tertiary alicyclic amines) is 1. The third-order valence-corrected chi connectivity index (χ3v) is 4.21. The summed E-state index contributed by atoms with van der Waals surface area (Å²) in [7, 11) is 0. The topological polar surface area (TPSA) is 86.3 Å². The van der Waals surface area contributed by atoms with Crippen LogP contribution in [0.5, 0.6) is 0 Å². The summed E-state index contributed by atoms with van der Waals surface area (Å²) in [6, 6.07) is 7.61. The molecule has 1 aliphatic rings. The van der Waals surface area contributed by atoms with Gasteiger partial charge >= 0.3 is 5.97 Å². The van der Waals surface area contributed by atoms with Crippen LogP contribution in [-0.2, 0) is 16.0 Å². The lowest BCUT2D eigenvalue weighted by Crippen LogP contribution is -2.35. The molecule has 1 aliphatic heterocycles. The van der Waals surface area contributed by atoms with E-state index in [1.807, 2.05) is 24.3 Å². The van der Waals surface area contributed by atoms with Gasteiger partial charge in [-0.15, -0.1) is 0 Å². The predicted octanol–water partition coefficient (Wildman–Crippen LogP) is 1.43. The number of hydrogen-bond donors (Lipinski definition) is 2. The first-order valence-electron chi connectivity index (χ1n) is 6.93. The number of aliphatic carboxylic acids is 1. The van der Waals surface area contributed by atoms with Crippen molar-refractivity contribution < 1.29 is 14.7 Å². The van der Waals surface area contributed by atoms with Crippen LogP contribution in [0.1, 0.15) is 19.0 Å². The molecule has 1 aromatic carbocycles. The average Bonchev–Trinajstić information content (AvgIpc) is 3.05. The molecule has 1 fully saturated rings. The summed E-state index contributed by atoms with van der Waals surface area (Å²) in [6.45, 7) is 2.45. The van der Waals surface area contributed by atoms with E-state index >= 15 is 0 Å². The minimum atomic E-state index is -0.843. The number of benzene rings is 1. The van der Waals surface area contributed by atoms with E-state index in [2.05, 4.69) is 10.2 Å². The summed E-state index contributed by atoms with van der Waals surface area (Å²) in [5, 5.41) is 17.2. The second kappa shape index (κ2) is 4.87. The van der Waals surface area contributed by atoms with E-state index in [1.165, 1.54) is 0 Å². The molecule has 0 aliphatic carbocycles. The molecule has 0 radical (unpaired) electrons. The van der Waals surface area contributed by atoms with Crippen LogP contribution in [-0.4, -0.2) is 45.2 Å². The van der Waals surface area contributed by atoms with E-state index in [4.69, 9.17) is 0 Å². The molecule has 0 bridgehead atoms. The van der Waals surface area contributed by atoms with Gasteiger partial charge in [-0.25, -0.2) is 0 Å². The van der Waals surface area contributed by atoms with E-state index in [9.17, 15) is 14.7 Å². The van der Waals surface area contributed by atoms with Crippen molar-refractivity contribution in [1.82, 2.24) is 15.1 Å². The number of rotatable bonds is 3. The van der Waals surface area contributed by atoms with Gasteiger partial charge in [0.05, 0.1) is 23.0 Å². The van der Waals surface area contributed by atoms with Crippen LogP contribution in [0.3, 0.4) is 0 Å². The number of fused-ring (bicyclic) bond motifs is 1. The van der Waals surface area contributed by atoms with Crippen LogP contribution in [0.15, 0.2) is 24.3 Å². The predicted molar refractivity (Wildman–Crippen MR) is 76.7 cm³/mol. The number of H-pyrrole nitrogens is 1. The van der Waals surface area contributed by atoms with Gasteiger partial charge in [0, 0.05) is 18.5 Å². The van der Waals surface area contributed by atoms with Gasteiger partial charge in [0.25, 0.3) is 0 Å². The van der Waals surface area contributed by atoms with Gasteiger partial charge in [-0.05, 0) is 19.4 Å². The maximum absolute atomic E-state index is 12.4. The van der Waals surface area contributed by atoms with Gasteiger partial charge < -0.3 is 10.0 Å². The van der Waals surface area contributed by atoms with E-state index in [1.54, 1.807) is 11.8 Å². The second-order valence-electron chi connectivity index (χ2n) is 5.83. The molecule has 1 amide bonds. The smallest absolute Gasteiger partial charge is 0.311 e. The number of aromatic amines is 1. The van der Waals surface area contributed by atoms with Crippen molar-refractivity contribution >= 4 is 22.8 Å². The van der Waals surface area contributed by atoms with Crippen molar-refractivity contribution in [2.24, 2.45) is 5.41 Å². The van der Waals surface area contributed by atoms with E-state index in [0.29, 0.717) is 13.0 Å². The molecule has 6 nitrogen and oxygen atoms in total. The van der Waals surface area contributed by atoms with Crippen LogP contribution in [0, 0.1) is 5.41 Å². The highest BCUT2D eigenvalue weighted by molar-refractivity contribution is 5.88. The van der Waals surface area contributed by atoms with Gasteiger partial charge in [0.1, 0.15) is 0 Å². The highest BCUT2D eigenvalue weighted by Gasteiger charge is 2.42. The lowest BCUT2D eigenvalue weighted by Gasteiger charge is -2.20. The van der Waals surface area contributed by atoms with Crippen molar-refractivity contribution in [2.45, 2.75) is 19.8 Å². The summed E-state index contributed by atoms with van der Waals surface area (Å²) in [5.41, 5.74) is 0.780. The first kappa shape index (κ1) is 13.6. The zero-order chi connectivity index (χ0) is 15.0. The van der Waals surface area contributed by atoms with Gasteiger partial charge in [-0.2, -0.15) is 5.10 Å². The maximum atomic E-state index is 12.4. The van der Waals surface area contributed by atoms with E-state index in [0.717, 1.165) is 16.6 Å². The largest absolute Gasteiger partial charge is 0.481 e. The molecule has 1 atom stereocenters. The monoisotopic (exact) mass is 287 g/mol. The molecule has 1 aromatic heterocycles. The fraction of sp³-hybridized carbons (Fsp3) is 0.400. The quantitative estimate of drug-likeness (QED) is 0.894. The average molecular weight is 287 g/mol. The molecule has 110 valence electrons. The number of nitrogens with zero attached hydrogens (tertiary/aromatic N) is 2. The summed E-state index contributed by atoms with van der Waals surface area (Å²) in [5.74, 6) is -0.904. The third-order valence-electron chi connectivity index (χ3n) is 4.21. The summed E-state index contributed by atoms with van der Waals surface area (Å²) < 4.78 is 0. The van der Waals surface area contributed by atoms with Crippen LogP contribution in [0.2, 0.25) is 0 Å². The molecule has 21 heavy (non-hydrogen) atoms. The zero-order valence-corrected chi connectivity index (χ0v) is 11.8. The van der Waals surface area contributed by atoms with Crippen LogP contribution in [0.25, 0.3) is 10.9 Å². The Bertz CT molecular complexity index is 709. The molecular formula is C15H17N3O3. The summed E-state index contributed by atoms with van der Waals surface area (Å²) in [6.07, 6.45) is 0.716. The van der Waals surface area contributed by atoms with Gasteiger partial charge in [-0.3, -0.25) is 14.7 Å². The Morgan fingerprint density at radius 2 is 2.19 bits per heavy atom. The SMILES string of the molecule is CC1(C(=O)O)CCN(C(=O)Cc2[nH]nc3ccccc23)C1. The Balaban J connectivity index is 1.74. The normalized spacial score (nSPS) is 21.9. The molecular weight excluding hydrogens is 270 g/mol. The Hall–Kier alpha value is -2.37. The standard InChI is InChI=1S/C15H17N3O3/c1-15(14(20)21)6-7-18(9-15)13(19)8-12-10-4-2-3-5-11(10)16-17-12/h2-5H,6-9H2,1H3,(H,16,17)(H,20,21). The minimum Gasteiger partial charge on any atom is -0.481 e. The minimum absolute atomic E-state index is 0.0608. The summed E-state index contributed by atoms with van der Waals surface area (Å²) in [4.78, 5) is 25.2. The molecule has 2 heterocycles. The number of carboxylic acids is 1. The number of para-hydroxylation sites is 1. The summed E-state index contributed by atoms with van der Waals surface area (Å²) >= 11 is 0. The molecule has 6 heteroatoms. The zero-order valence-electron chi connectivity index (χ0n) is 11.8. The first-order chi connectivity index (χ1) is 9.99. The maximum Gasteiger partial charge on any atom is 0.311 e. The van der Waals surface area contributed by atoms with Crippen LogP contribution in [0.4, 0.5) is 0 Å². The number of hydrogen-bond acceptors (Lipinski definition) is 3. The number of carboxylic acid groups (broad SMARTS) is 1. The number of carbonyl (C=O) groups excluding carboxylic acids is 1. The highest BCUT2D eigenvalue weighted by atomic mass is 16.4. The number of amides is 1. The Morgan fingerprint density at radius 1 is 1.43 bits per heavy atom. The first-order valence-corrected chi connectivity index (χ1v) is 6.93. The van der Waals surface area contributed by atoms with E-state index in [-0.39, 0.29) is 18.9 Å². The number of carbonyl (C=O) groups is 2. The molecule has 2 N–H and O–H groups in total. The van der Waals surface area contributed by atoms with Crippen molar-refractivity contribution in [3.63, 3.8) is 0 Å². The lowest BCUT2D eigenvalue weighted by molar-refractivity contribution is -0.147. The Kier molecular flexibility index (Phi) is 3.16. The van der Waals surface area contributed by atoms with Crippen molar-refractivity contribution in [2.75, 3.05) is 13.1 Å². The fourth-order valence-corrected chi connectivity index (χ4v) is 2.76. The Morgan fingerprint density at radius 3 is 2.90 bits per heavy atom. The molecule has 3 rings (SSSR count). The molecule has 1 unspecified atom stereocenters. The molecule has 0 spiro atoms. The van der Waals surface area contributed by atoms with Gasteiger partial charge in [0.2, 0.25) is 5.91 Å². The molecule has 1 saturated heterocycles. The van der Waals surface area contributed by atoms with Gasteiger partial charge in [0.15, 0.2) is 0 Å². The van der Waals surface area contributed by atoms with E-state index < -0.39 is 11.4 Å². The van der Waals surface area contributed by atoms with Gasteiger partial charge in [-0.1, -0.05) is 18.2 Å². The van der Waals surface area contributed by atoms with Crippen LogP contribution < -0.4 is 0 Å². The highest BCUT2D eigenvalue weighted by Crippen LogP contribution is 2.30. The lowest BCUT2D eigenvalue weighted by atomic mass is 9.90.